The van der Waals surface area contributed by atoms with Crippen molar-refractivity contribution in [1.82, 2.24) is 5.32 Å². The van der Waals surface area contributed by atoms with Crippen LogP contribution in [0.4, 0.5) is 4.79 Å². The molecule has 16 heavy (non-hydrogen) atoms. The van der Waals surface area contributed by atoms with Gasteiger partial charge in [-0.05, 0) is 25.1 Å². The summed E-state index contributed by atoms with van der Waals surface area (Å²) >= 11 is 0. The van der Waals surface area contributed by atoms with Crippen LogP contribution < -0.4 is 10.1 Å². The molecule has 1 aromatic carbocycles. The fraction of sp³-hybridized carbons (Fsp3) is 0.417. The molecule has 1 aliphatic heterocycles. The largest absolute Gasteiger partial charge is 0.513 e. The third-order valence-electron chi connectivity index (χ3n) is 2.54. The summed E-state index contributed by atoms with van der Waals surface area (Å²) in [5.41, 5.74) is 0. The fourth-order valence-electron chi connectivity index (χ4n) is 1.66. The lowest BCUT2D eigenvalue weighted by Gasteiger charge is -2.09. The normalized spacial score (nSPS) is 19.4. The number of carbonyl (C=O) groups is 1. The lowest BCUT2D eigenvalue weighted by Crippen LogP contribution is -2.18. The van der Waals surface area contributed by atoms with Crippen molar-refractivity contribution >= 4 is 6.16 Å². The van der Waals surface area contributed by atoms with Crippen LogP contribution in [0.1, 0.15) is 6.42 Å². The molecule has 1 atom stereocenters. The number of nitrogens with one attached hydrogen (secondary N) is 1. The minimum absolute atomic E-state index is 0.420. The van der Waals surface area contributed by atoms with E-state index in [1.165, 1.54) is 0 Å². The number of hydrogen-bond acceptors (Lipinski definition) is 4. The summed E-state index contributed by atoms with van der Waals surface area (Å²) in [6.45, 7) is 2.35. The molecule has 1 saturated heterocycles. The van der Waals surface area contributed by atoms with Crippen LogP contribution in [0.2, 0.25) is 0 Å². The second-order valence-corrected chi connectivity index (χ2v) is 3.83. The average molecular weight is 221 g/mol. The lowest BCUT2D eigenvalue weighted by atomic mass is 10.1. The Morgan fingerprint density at radius 1 is 1.38 bits per heavy atom. The van der Waals surface area contributed by atoms with Crippen LogP contribution in [0.25, 0.3) is 0 Å². The van der Waals surface area contributed by atoms with E-state index in [9.17, 15) is 4.79 Å². The maximum absolute atomic E-state index is 11.3. The first-order chi connectivity index (χ1) is 7.84. The quantitative estimate of drug-likeness (QED) is 0.624. The van der Waals surface area contributed by atoms with E-state index >= 15 is 0 Å². The number of rotatable bonds is 3. The summed E-state index contributed by atoms with van der Waals surface area (Å²) in [5.74, 6) is 0.931. The van der Waals surface area contributed by atoms with Crippen LogP contribution in [0.3, 0.4) is 0 Å². The van der Waals surface area contributed by atoms with Crippen molar-refractivity contribution in [3.8, 4) is 5.75 Å². The van der Waals surface area contributed by atoms with Gasteiger partial charge in [0.2, 0.25) is 0 Å². The van der Waals surface area contributed by atoms with E-state index in [0.717, 1.165) is 19.5 Å². The second kappa shape index (κ2) is 5.51. The highest BCUT2D eigenvalue weighted by atomic mass is 16.7. The lowest BCUT2D eigenvalue weighted by molar-refractivity contribution is 0.0864. The molecule has 0 aromatic heterocycles. The topological polar surface area (TPSA) is 47.6 Å². The van der Waals surface area contributed by atoms with Crippen LogP contribution in [0, 0.1) is 5.92 Å². The molecule has 1 N–H and O–H groups in total. The fourth-order valence-corrected chi connectivity index (χ4v) is 1.66. The minimum atomic E-state index is -0.627. The first-order valence-electron chi connectivity index (χ1n) is 5.45. The van der Waals surface area contributed by atoms with Gasteiger partial charge in [0.25, 0.3) is 0 Å². The molecule has 4 heteroatoms. The first-order valence-corrected chi connectivity index (χ1v) is 5.45. The van der Waals surface area contributed by atoms with Crippen molar-refractivity contribution in [3.05, 3.63) is 30.3 Å². The Kier molecular flexibility index (Phi) is 3.77. The van der Waals surface area contributed by atoms with E-state index in [1.807, 2.05) is 18.2 Å². The summed E-state index contributed by atoms with van der Waals surface area (Å²) < 4.78 is 10.0. The zero-order valence-corrected chi connectivity index (χ0v) is 9.02. The van der Waals surface area contributed by atoms with Crippen LogP contribution >= 0.6 is 0 Å². The summed E-state index contributed by atoms with van der Waals surface area (Å²) in [4.78, 5) is 11.3. The monoisotopic (exact) mass is 221 g/mol. The van der Waals surface area contributed by atoms with E-state index in [1.54, 1.807) is 12.1 Å². The zero-order chi connectivity index (χ0) is 11.2. The first kappa shape index (κ1) is 11.0. The van der Waals surface area contributed by atoms with Gasteiger partial charge in [-0.1, -0.05) is 18.2 Å². The number of ether oxygens (including phenoxy) is 2. The molecule has 0 aliphatic carbocycles. The van der Waals surface area contributed by atoms with Gasteiger partial charge in [0, 0.05) is 12.5 Å². The van der Waals surface area contributed by atoms with E-state index in [4.69, 9.17) is 9.47 Å². The van der Waals surface area contributed by atoms with Crippen LogP contribution in [0.5, 0.6) is 5.75 Å². The Bertz CT molecular complexity index is 333. The molecule has 1 heterocycles. The summed E-state index contributed by atoms with van der Waals surface area (Å²) in [6, 6.07) is 8.92. The molecule has 1 fully saturated rings. The maximum atomic E-state index is 11.3. The van der Waals surface area contributed by atoms with Crippen molar-refractivity contribution in [2.75, 3.05) is 19.7 Å². The molecule has 1 aromatic rings. The van der Waals surface area contributed by atoms with Gasteiger partial charge >= 0.3 is 6.16 Å². The summed E-state index contributed by atoms with van der Waals surface area (Å²) in [7, 11) is 0. The Morgan fingerprint density at radius 3 is 2.88 bits per heavy atom. The predicted octanol–water partition coefficient (Wildman–Crippen LogP) is 1.81. The molecule has 1 aliphatic rings. The average Bonchev–Trinajstić information content (AvgIpc) is 2.81. The SMILES string of the molecule is O=C(OCC1CCNC1)Oc1ccccc1. The van der Waals surface area contributed by atoms with E-state index in [0.29, 0.717) is 18.3 Å². The van der Waals surface area contributed by atoms with Crippen molar-refractivity contribution in [2.45, 2.75) is 6.42 Å². The van der Waals surface area contributed by atoms with E-state index in [2.05, 4.69) is 5.32 Å². The molecule has 86 valence electrons. The predicted molar refractivity (Wildman–Crippen MR) is 59.4 cm³/mol. The summed E-state index contributed by atoms with van der Waals surface area (Å²) in [6.07, 6.45) is 0.427. The number of benzene rings is 1. The Balaban J connectivity index is 1.72. The molecule has 0 radical (unpaired) electrons. The molecular weight excluding hydrogens is 206 g/mol. The molecule has 0 amide bonds. The number of hydrogen-bond donors (Lipinski definition) is 1. The molecule has 0 bridgehead atoms. The van der Waals surface area contributed by atoms with Crippen molar-refractivity contribution in [3.63, 3.8) is 0 Å². The highest BCUT2D eigenvalue weighted by Crippen LogP contribution is 2.11. The molecule has 0 saturated carbocycles. The molecule has 4 nitrogen and oxygen atoms in total. The number of para-hydroxylation sites is 1. The van der Waals surface area contributed by atoms with Crippen LogP contribution in [0.15, 0.2) is 30.3 Å². The molecule has 2 rings (SSSR count). The van der Waals surface area contributed by atoms with Gasteiger partial charge in [-0.15, -0.1) is 0 Å². The van der Waals surface area contributed by atoms with Gasteiger partial charge in [-0.3, -0.25) is 0 Å². The van der Waals surface area contributed by atoms with Gasteiger partial charge in [0.1, 0.15) is 5.75 Å². The Morgan fingerprint density at radius 2 is 2.19 bits per heavy atom. The maximum Gasteiger partial charge on any atom is 0.513 e. The molecular formula is C12H15NO3. The Hall–Kier alpha value is -1.55. The third-order valence-corrected chi connectivity index (χ3v) is 2.54. The zero-order valence-electron chi connectivity index (χ0n) is 9.02. The van der Waals surface area contributed by atoms with Crippen molar-refractivity contribution < 1.29 is 14.3 Å². The number of carbonyl (C=O) groups excluding carboxylic acids is 1. The minimum Gasteiger partial charge on any atom is -0.434 e. The van der Waals surface area contributed by atoms with Gasteiger partial charge in [-0.2, -0.15) is 0 Å². The third kappa shape index (κ3) is 3.24. The highest BCUT2D eigenvalue weighted by molar-refractivity contribution is 5.63. The van der Waals surface area contributed by atoms with Crippen LogP contribution in [-0.4, -0.2) is 25.9 Å². The van der Waals surface area contributed by atoms with Gasteiger partial charge in [0.15, 0.2) is 0 Å². The van der Waals surface area contributed by atoms with Crippen LogP contribution in [-0.2, 0) is 4.74 Å². The van der Waals surface area contributed by atoms with E-state index < -0.39 is 6.16 Å². The smallest absolute Gasteiger partial charge is 0.434 e. The highest BCUT2D eigenvalue weighted by Gasteiger charge is 2.17. The molecule has 1 unspecified atom stereocenters. The van der Waals surface area contributed by atoms with Crippen molar-refractivity contribution in [1.29, 1.82) is 0 Å². The standard InChI is InChI=1S/C12H15NO3/c14-12(15-9-10-6-7-13-8-10)16-11-4-2-1-3-5-11/h1-5,10,13H,6-9H2. The molecule has 0 spiro atoms. The van der Waals surface area contributed by atoms with Crippen molar-refractivity contribution in [2.24, 2.45) is 5.92 Å². The van der Waals surface area contributed by atoms with Gasteiger partial charge in [0.05, 0.1) is 6.61 Å². The summed E-state index contributed by atoms with van der Waals surface area (Å²) in [5, 5.41) is 3.21. The van der Waals surface area contributed by atoms with Gasteiger partial charge < -0.3 is 14.8 Å². The Labute approximate surface area is 94.6 Å². The van der Waals surface area contributed by atoms with Gasteiger partial charge in [-0.25, -0.2) is 4.79 Å². The van der Waals surface area contributed by atoms with E-state index in [-0.39, 0.29) is 0 Å². The second-order valence-electron chi connectivity index (χ2n) is 3.83.